The van der Waals surface area contributed by atoms with Crippen LogP contribution in [0.15, 0.2) is 53.4 Å². The Labute approximate surface area is 190 Å². The Kier molecular flexibility index (Phi) is 6.63. The Morgan fingerprint density at radius 3 is 2.72 bits per heavy atom. The average Bonchev–Trinajstić information content (AvgIpc) is 3.44. The lowest BCUT2D eigenvalue weighted by Crippen LogP contribution is -2.30. The lowest BCUT2D eigenvalue weighted by Gasteiger charge is -2.22. The maximum Gasteiger partial charge on any atom is 0.286 e. The Morgan fingerprint density at radius 1 is 1.22 bits per heavy atom. The number of nitrogens with zero attached hydrogens (tertiary/aromatic N) is 3. The second-order valence-corrected chi connectivity index (χ2v) is 10.5. The summed E-state index contributed by atoms with van der Waals surface area (Å²) in [6.07, 6.45) is 3.19. The van der Waals surface area contributed by atoms with Gasteiger partial charge < -0.3 is 5.32 Å². The highest BCUT2D eigenvalue weighted by Crippen LogP contribution is 2.37. The van der Waals surface area contributed by atoms with Crippen LogP contribution in [0.5, 0.6) is 0 Å². The number of nitrogens with one attached hydrogen (secondary N) is 1. The number of amides is 1. The van der Waals surface area contributed by atoms with Gasteiger partial charge in [0.05, 0.1) is 10.9 Å². The van der Waals surface area contributed by atoms with Gasteiger partial charge in [-0.05, 0) is 55.2 Å². The van der Waals surface area contributed by atoms with Gasteiger partial charge in [-0.1, -0.05) is 42.9 Å². The van der Waals surface area contributed by atoms with Gasteiger partial charge in [0.15, 0.2) is 0 Å². The smallest absolute Gasteiger partial charge is 0.286 e. The summed E-state index contributed by atoms with van der Waals surface area (Å²) < 4.78 is 41.3. The first-order valence-electron chi connectivity index (χ1n) is 10.4. The van der Waals surface area contributed by atoms with Crippen LogP contribution in [0.25, 0.3) is 0 Å². The van der Waals surface area contributed by atoms with Gasteiger partial charge in [0.1, 0.15) is 10.8 Å². The molecule has 1 amide bonds. The molecule has 1 fully saturated rings. The zero-order valence-electron chi connectivity index (χ0n) is 17.5. The van der Waals surface area contributed by atoms with Crippen LogP contribution in [0.2, 0.25) is 0 Å². The lowest BCUT2D eigenvalue weighted by atomic mass is 10.1. The van der Waals surface area contributed by atoms with Crippen molar-refractivity contribution < 1.29 is 17.6 Å². The summed E-state index contributed by atoms with van der Waals surface area (Å²) >= 11 is 1.05. The van der Waals surface area contributed by atoms with Gasteiger partial charge in [-0.25, -0.2) is 12.8 Å². The zero-order chi connectivity index (χ0) is 22.7. The first-order chi connectivity index (χ1) is 15.4. The van der Waals surface area contributed by atoms with Crippen molar-refractivity contribution in [2.24, 2.45) is 0 Å². The van der Waals surface area contributed by atoms with Crippen LogP contribution in [0, 0.1) is 5.82 Å². The van der Waals surface area contributed by atoms with E-state index in [1.54, 1.807) is 18.2 Å². The van der Waals surface area contributed by atoms with Crippen molar-refractivity contribution >= 4 is 33.0 Å². The first-order valence-corrected chi connectivity index (χ1v) is 12.6. The molecule has 0 spiro atoms. The van der Waals surface area contributed by atoms with Gasteiger partial charge >= 0.3 is 0 Å². The molecule has 168 valence electrons. The third kappa shape index (κ3) is 4.72. The van der Waals surface area contributed by atoms with E-state index in [1.165, 1.54) is 22.5 Å². The number of carbonyl (C=O) groups is 1. The highest BCUT2D eigenvalue weighted by molar-refractivity contribution is 7.89. The van der Waals surface area contributed by atoms with Crippen LogP contribution in [-0.4, -0.2) is 35.4 Å². The second-order valence-electron chi connectivity index (χ2n) is 7.58. The summed E-state index contributed by atoms with van der Waals surface area (Å²) in [5, 5.41) is 11.2. The predicted molar refractivity (Wildman–Crippen MR) is 121 cm³/mol. The molecule has 1 aliphatic heterocycles. The number of anilines is 1. The number of rotatable bonds is 7. The van der Waals surface area contributed by atoms with Gasteiger partial charge in [0, 0.05) is 12.2 Å². The molecule has 32 heavy (non-hydrogen) atoms. The van der Waals surface area contributed by atoms with Crippen molar-refractivity contribution in [2.75, 3.05) is 11.9 Å². The van der Waals surface area contributed by atoms with E-state index in [4.69, 9.17) is 0 Å². The quantitative estimate of drug-likeness (QED) is 0.548. The fraction of sp³-hybridized carbons (Fsp3) is 0.318. The first kappa shape index (κ1) is 22.5. The number of aromatic nitrogens is 2. The van der Waals surface area contributed by atoms with E-state index < -0.39 is 27.8 Å². The van der Waals surface area contributed by atoms with E-state index in [1.807, 2.05) is 12.1 Å². The number of carbonyl (C=O) groups excluding carboxylic acids is 1. The minimum Gasteiger partial charge on any atom is -0.320 e. The molecule has 0 radical (unpaired) electrons. The van der Waals surface area contributed by atoms with Crippen molar-refractivity contribution in [1.29, 1.82) is 0 Å². The third-order valence-corrected chi connectivity index (χ3v) is 8.22. The molecule has 0 aliphatic carbocycles. The van der Waals surface area contributed by atoms with Crippen molar-refractivity contribution in [2.45, 2.75) is 43.5 Å². The molecule has 4 rings (SSSR count). The standard InChI is InChI=1S/C22H23FN4O3S2/c1-2-5-15-9-11-18(12-10-15)32(29,30)27-13-4-8-19(27)21-25-26-22(31-21)20(28)24-17-7-3-6-16(23)14-17/h3,6-7,9-12,14,19H,2,4-5,8,13H2,1H3,(H,24,28)/t19-/m1/s1. The van der Waals surface area contributed by atoms with E-state index in [-0.39, 0.29) is 9.90 Å². The van der Waals surface area contributed by atoms with Crippen LogP contribution in [0.1, 0.15) is 52.6 Å². The topological polar surface area (TPSA) is 92.3 Å². The molecule has 0 unspecified atom stereocenters. The number of benzene rings is 2. The van der Waals surface area contributed by atoms with Crippen LogP contribution in [0.3, 0.4) is 0 Å². The Morgan fingerprint density at radius 2 is 2.00 bits per heavy atom. The molecule has 1 aliphatic rings. The van der Waals surface area contributed by atoms with Crippen LogP contribution >= 0.6 is 11.3 Å². The zero-order valence-corrected chi connectivity index (χ0v) is 19.1. The van der Waals surface area contributed by atoms with Crippen molar-refractivity contribution in [3.63, 3.8) is 0 Å². The van der Waals surface area contributed by atoms with Gasteiger partial charge in [-0.3, -0.25) is 4.79 Å². The number of halogens is 1. The SMILES string of the molecule is CCCc1ccc(S(=O)(=O)N2CCC[C@@H]2c2nnc(C(=O)Nc3cccc(F)c3)s2)cc1. The second kappa shape index (κ2) is 9.43. The summed E-state index contributed by atoms with van der Waals surface area (Å²) in [4.78, 5) is 12.7. The van der Waals surface area contributed by atoms with E-state index in [9.17, 15) is 17.6 Å². The molecular formula is C22H23FN4O3S2. The third-order valence-electron chi connectivity index (χ3n) is 5.27. The van der Waals surface area contributed by atoms with Crippen molar-refractivity contribution in [1.82, 2.24) is 14.5 Å². The number of hydrogen-bond donors (Lipinski definition) is 1. The Bertz CT molecular complexity index is 1210. The molecule has 10 heteroatoms. The number of sulfonamides is 1. The fourth-order valence-electron chi connectivity index (χ4n) is 3.74. The molecule has 1 saturated heterocycles. The highest BCUT2D eigenvalue weighted by Gasteiger charge is 2.38. The predicted octanol–water partition coefficient (Wildman–Crippen LogP) is 4.41. The van der Waals surface area contributed by atoms with Gasteiger partial charge in [-0.2, -0.15) is 4.31 Å². The Hall–Kier alpha value is -2.69. The van der Waals surface area contributed by atoms with E-state index in [2.05, 4.69) is 22.4 Å². The molecular weight excluding hydrogens is 451 g/mol. The van der Waals surface area contributed by atoms with Crippen molar-refractivity contribution in [3.8, 4) is 0 Å². The molecule has 1 N–H and O–H groups in total. The van der Waals surface area contributed by atoms with Crippen LogP contribution in [-0.2, 0) is 16.4 Å². The van der Waals surface area contributed by atoms with Crippen LogP contribution in [0.4, 0.5) is 10.1 Å². The molecule has 7 nitrogen and oxygen atoms in total. The van der Waals surface area contributed by atoms with Gasteiger partial charge in [-0.15, -0.1) is 10.2 Å². The highest BCUT2D eigenvalue weighted by atomic mass is 32.2. The van der Waals surface area contributed by atoms with Gasteiger partial charge in [0.2, 0.25) is 15.0 Å². The fourth-order valence-corrected chi connectivity index (χ4v) is 6.35. The molecule has 0 saturated carbocycles. The minimum atomic E-state index is -3.70. The normalized spacial score (nSPS) is 16.9. The maximum absolute atomic E-state index is 13.3. The minimum absolute atomic E-state index is 0.0948. The molecule has 1 atom stereocenters. The maximum atomic E-state index is 13.3. The van der Waals surface area contributed by atoms with Gasteiger partial charge in [0.25, 0.3) is 5.91 Å². The number of aryl methyl sites for hydroxylation is 1. The lowest BCUT2D eigenvalue weighted by molar-refractivity contribution is 0.102. The average molecular weight is 475 g/mol. The van der Waals surface area contributed by atoms with E-state index in [0.29, 0.717) is 30.1 Å². The molecule has 1 aromatic heterocycles. The largest absolute Gasteiger partial charge is 0.320 e. The Balaban J connectivity index is 1.52. The van der Waals surface area contributed by atoms with Crippen LogP contribution < -0.4 is 5.32 Å². The summed E-state index contributed by atoms with van der Waals surface area (Å²) in [5.74, 6) is -0.978. The molecule has 2 heterocycles. The summed E-state index contributed by atoms with van der Waals surface area (Å²) in [7, 11) is -3.70. The summed E-state index contributed by atoms with van der Waals surface area (Å²) in [6.45, 7) is 2.46. The molecule has 2 aromatic carbocycles. The monoisotopic (exact) mass is 474 g/mol. The summed E-state index contributed by atoms with van der Waals surface area (Å²) in [6, 6.07) is 12.1. The van der Waals surface area contributed by atoms with E-state index >= 15 is 0 Å². The molecule has 0 bridgehead atoms. The molecule has 3 aromatic rings. The summed E-state index contributed by atoms with van der Waals surface area (Å²) in [5.41, 5.74) is 1.41. The van der Waals surface area contributed by atoms with Crippen molar-refractivity contribution in [3.05, 3.63) is 69.9 Å². The number of hydrogen-bond acceptors (Lipinski definition) is 6. The van der Waals surface area contributed by atoms with E-state index in [0.717, 1.165) is 29.7 Å².